The fraction of sp³-hybridized carbons (Fsp3) is 0.800. The molecular weight excluding hydrogens is 254 g/mol. The number of nitrogens with zero attached hydrogens (tertiary/aromatic N) is 3. The number of nitrogens with one attached hydrogen (secondary N) is 1. The van der Waals surface area contributed by atoms with Crippen molar-refractivity contribution in [3.8, 4) is 0 Å². The summed E-state index contributed by atoms with van der Waals surface area (Å²) >= 11 is 1.25. The van der Waals surface area contributed by atoms with Gasteiger partial charge in [-0.1, -0.05) is 4.49 Å². The molecule has 8 heteroatoms. The lowest BCUT2D eigenvalue weighted by molar-refractivity contribution is 0.0698. The van der Waals surface area contributed by atoms with Crippen LogP contribution >= 0.6 is 11.5 Å². The lowest BCUT2D eigenvalue weighted by atomic mass is 10.2. The number of hydrazine groups is 1. The largest absolute Gasteiger partial charge is 0.383 e. The lowest BCUT2D eigenvalue weighted by Gasteiger charge is -2.27. The average molecular weight is 275 g/mol. The van der Waals surface area contributed by atoms with Gasteiger partial charge in [-0.3, -0.25) is 4.90 Å². The number of rotatable bonds is 9. The van der Waals surface area contributed by atoms with Crippen LogP contribution in [0.3, 0.4) is 0 Å². The zero-order chi connectivity index (χ0) is 13.4. The Kier molecular flexibility index (Phi) is 7.06. The molecule has 1 atom stereocenters. The quantitative estimate of drug-likeness (QED) is 0.495. The Labute approximate surface area is 111 Å². The molecule has 1 unspecified atom stereocenters. The van der Waals surface area contributed by atoms with Crippen molar-refractivity contribution in [2.24, 2.45) is 5.84 Å². The van der Waals surface area contributed by atoms with Gasteiger partial charge >= 0.3 is 0 Å². The van der Waals surface area contributed by atoms with Crippen LogP contribution in [0, 0.1) is 0 Å². The molecule has 0 aliphatic heterocycles. The van der Waals surface area contributed by atoms with E-state index in [4.69, 9.17) is 15.3 Å². The van der Waals surface area contributed by atoms with Crippen LogP contribution in [0.2, 0.25) is 0 Å². The zero-order valence-electron chi connectivity index (χ0n) is 11.0. The van der Waals surface area contributed by atoms with E-state index in [1.165, 1.54) is 11.5 Å². The lowest BCUT2D eigenvalue weighted by Crippen LogP contribution is -2.38. The number of nitrogens with two attached hydrogens (primary N) is 1. The molecule has 0 aromatic carbocycles. The highest BCUT2D eigenvalue weighted by molar-refractivity contribution is 7.10. The Morgan fingerprint density at radius 2 is 2.22 bits per heavy atom. The van der Waals surface area contributed by atoms with Crippen LogP contribution in [-0.2, 0) is 16.0 Å². The molecule has 18 heavy (non-hydrogen) atoms. The second-order valence-electron chi connectivity index (χ2n) is 3.96. The van der Waals surface area contributed by atoms with Crippen molar-refractivity contribution in [3.05, 3.63) is 5.69 Å². The average Bonchev–Trinajstić information content (AvgIpc) is 2.81. The fourth-order valence-corrected chi connectivity index (χ4v) is 2.11. The minimum Gasteiger partial charge on any atom is -0.383 e. The fourth-order valence-electron chi connectivity index (χ4n) is 1.62. The van der Waals surface area contributed by atoms with Crippen molar-refractivity contribution >= 4 is 16.5 Å². The maximum atomic E-state index is 5.42. The van der Waals surface area contributed by atoms with Gasteiger partial charge in [-0.05, 0) is 6.92 Å². The van der Waals surface area contributed by atoms with Gasteiger partial charge in [0.15, 0.2) is 0 Å². The first-order chi connectivity index (χ1) is 8.72. The van der Waals surface area contributed by atoms with Crippen LogP contribution in [0.15, 0.2) is 0 Å². The van der Waals surface area contributed by atoms with Crippen LogP contribution in [0.4, 0.5) is 5.00 Å². The Morgan fingerprint density at radius 1 is 1.44 bits per heavy atom. The van der Waals surface area contributed by atoms with E-state index in [0.717, 1.165) is 17.2 Å². The molecule has 1 aromatic rings. The van der Waals surface area contributed by atoms with Gasteiger partial charge in [-0.2, -0.15) is 0 Å². The van der Waals surface area contributed by atoms with E-state index in [9.17, 15) is 0 Å². The minimum atomic E-state index is 0.275. The molecule has 0 saturated heterocycles. The van der Waals surface area contributed by atoms with Gasteiger partial charge in [0.05, 0.1) is 13.2 Å². The number of ether oxygens (including phenoxy) is 2. The van der Waals surface area contributed by atoms with Gasteiger partial charge in [-0.15, -0.1) is 5.10 Å². The third-order valence-corrected chi connectivity index (χ3v) is 3.35. The van der Waals surface area contributed by atoms with E-state index in [1.807, 2.05) is 0 Å². The van der Waals surface area contributed by atoms with Crippen LogP contribution in [-0.4, -0.2) is 54.5 Å². The monoisotopic (exact) mass is 275 g/mol. The van der Waals surface area contributed by atoms with Crippen molar-refractivity contribution in [1.29, 1.82) is 0 Å². The van der Waals surface area contributed by atoms with Crippen molar-refractivity contribution in [2.45, 2.75) is 19.5 Å². The van der Waals surface area contributed by atoms with E-state index in [2.05, 4.69) is 26.8 Å². The summed E-state index contributed by atoms with van der Waals surface area (Å²) in [5.74, 6) is 5.42. The van der Waals surface area contributed by atoms with Gasteiger partial charge in [-0.25, -0.2) is 5.84 Å². The van der Waals surface area contributed by atoms with Crippen LogP contribution in [0.1, 0.15) is 12.6 Å². The molecule has 0 radical (unpaired) electrons. The van der Waals surface area contributed by atoms with Gasteiger partial charge < -0.3 is 14.9 Å². The van der Waals surface area contributed by atoms with Crippen LogP contribution in [0.5, 0.6) is 0 Å². The molecule has 3 N–H and O–H groups in total. The first-order valence-corrected chi connectivity index (χ1v) is 6.50. The summed E-state index contributed by atoms with van der Waals surface area (Å²) in [6.07, 6.45) is 0. The maximum Gasteiger partial charge on any atom is 0.148 e. The summed E-state index contributed by atoms with van der Waals surface area (Å²) in [6.45, 7) is 4.91. The summed E-state index contributed by atoms with van der Waals surface area (Å²) in [6, 6.07) is 0.275. The minimum absolute atomic E-state index is 0.275. The predicted octanol–water partition coefficient (Wildman–Crippen LogP) is 0.307. The van der Waals surface area contributed by atoms with Gasteiger partial charge in [0, 0.05) is 44.9 Å². The summed E-state index contributed by atoms with van der Waals surface area (Å²) in [4.78, 5) is 2.23. The van der Waals surface area contributed by atoms with Gasteiger partial charge in [0.25, 0.3) is 0 Å². The van der Waals surface area contributed by atoms with Crippen LogP contribution in [0.25, 0.3) is 0 Å². The van der Waals surface area contributed by atoms with E-state index in [-0.39, 0.29) is 6.04 Å². The maximum absolute atomic E-state index is 5.42. The molecule has 0 aliphatic rings. The topological polar surface area (TPSA) is 85.5 Å². The molecule has 1 aromatic heterocycles. The molecular formula is C10H21N5O2S. The highest BCUT2D eigenvalue weighted by Gasteiger charge is 2.17. The molecule has 0 amide bonds. The first kappa shape index (κ1) is 15.3. The standard InChI is InChI=1S/C10H21N5O2S/c1-8(7-17-3)15(4-5-16-2)6-9-10(12-11)18-14-13-9/h8,12H,4-7,11H2,1-3H3. The molecule has 1 heterocycles. The van der Waals surface area contributed by atoms with E-state index >= 15 is 0 Å². The van der Waals surface area contributed by atoms with Gasteiger partial charge in [0.2, 0.25) is 0 Å². The summed E-state index contributed by atoms with van der Waals surface area (Å²) in [7, 11) is 3.39. The SMILES string of the molecule is COCCN(Cc1nnsc1NN)C(C)COC. The molecule has 0 aliphatic carbocycles. The second-order valence-corrected chi connectivity index (χ2v) is 4.71. The molecule has 7 nitrogen and oxygen atoms in total. The van der Waals surface area contributed by atoms with E-state index < -0.39 is 0 Å². The van der Waals surface area contributed by atoms with Gasteiger partial charge in [0.1, 0.15) is 10.7 Å². The van der Waals surface area contributed by atoms with Crippen molar-refractivity contribution in [2.75, 3.05) is 39.4 Å². The molecule has 0 fully saturated rings. The Morgan fingerprint density at radius 3 is 2.83 bits per heavy atom. The third-order valence-electron chi connectivity index (χ3n) is 2.65. The highest BCUT2D eigenvalue weighted by Crippen LogP contribution is 2.18. The van der Waals surface area contributed by atoms with E-state index in [1.54, 1.807) is 14.2 Å². The predicted molar refractivity (Wildman–Crippen MR) is 71.3 cm³/mol. The normalized spacial score (nSPS) is 12.9. The summed E-state index contributed by atoms with van der Waals surface area (Å²) in [5.41, 5.74) is 3.46. The number of anilines is 1. The second kappa shape index (κ2) is 8.33. The first-order valence-electron chi connectivity index (χ1n) is 5.72. The van der Waals surface area contributed by atoms with Crippen molar-refractivity contribution < 1.29 is 9.47 Å². The highest BCUT2D eigenvalue weighted by atomic mass is 32.1. The summed E-state index contributed by atoms with van der Waals surface area (Å²) < 4.78 is 14.2. The molecule has 0 spiro atoms. The number of hydrogen-bond acceptors (Lipinski definition) is 8. The summed E-state index contributed by atoms with van der Waals surface area (Å²) in [5, 5.41) is 4.87. The van der Waals surface area contributed by atoms with E-state index in [0.29, 0.717) is 19.8 Å². The molecule has 104 valence electrons. The molecule has 1 rings (SSSR count). The van der Waals surface area contributed by atoms with Crippen molar-refractivity contribution in [1.82, 2.24) is 14.5 Å². The Bertz CT molecular complexity index is 336. The number of hydrogen-bond donors (Lipinski definition) is 2. The Hall–Kier alpha value is -0.800. The number of aromatic nitrogens is 2. The number of nitrogen functional groups attached to an aromatic ring is 1. The zero-order valence-corrected chi connectivity index (χ0v) is 11.9. The Balaban J connectivity index is 2.64. The van der Waals surface area contributed by atoms with Crippen molar-refractivity contribution in [3.63, 3.8) is 0 Å². The molecule has 0 saturated carbocycles. The van der Waals surface area contributed by atoms with Crippen LogP contribution < -0.4 is 11.3 Å². The molecule has 0 bridgehead atoms. The smallest absolute Gasteiger partial charge is 0.148 e. The number of methoxy groups -OCH3 is 2. The third kappa shape index (κ3) is 4.46.